The summed E-state index contributed by atoms with van der Waals surface area (Å²) >= 11 is 0. The zero-order chi connectivity index (χ0) is 26.5. The molecule has 1 aromatic carbocycles. The highest BCUT2D eigenvalue weighted by Gasteiger charge is 2.50. The average molecular weight is 511 g/mol. The Labute approximate surface area is 220 Å². The molecular weight excluding hydrogens is 468 g/mol. The van der Waals surface area contributed by atoms with Crippen LogP contribution in [0.5, 0.6) is 0 Å². The zero-order valence-corrected chi connectivity index (χ0v) is 22.6. The van der Waals surface area contributed by atoms with Crippen molar-refractivity contribution in [3.63, 3.8) is 0 Å². The number of hydrogen-bond donors (Lipinski definition) is 1. The highest BCUT2D eigenvalue weighted by Crippen LogP contribution is 2.31. The number of anilines is 1. The maximum absolute atomic E-state index is 13.1. The molecule has 3 aliphatic rings. The highest BCUT2D eigenvalue weighted by molar-refractivity contribution is 5.97. The number of hydrogen-bond acceptors (Lipinski definition) is 5. The summed E-state index contributed by atoms with van der Waals surface area (Å²) < 4.78 is 0. The van der Waals surface area contributed by atoms with Crippen LogP contribution in [0.4, 0.5) is 5.69 Å². The van der Waals surface area contributed by atoms with Crippen LogP contribution in [0.3, 0.4) is 0 Å². The van der Waals surface area contributed by atoms with Crippen molar-refractivity contribution in [2.24, 2.45) is 11.8 Å². The summed E-state index contributed by atoms with van der Waals surface area (Å²) in [7, 11) is 0. The van der Waals surface area contributed by atoms with E-state index < -0.39 is 6.04 Å². The van der Waals surface area contributed by atoms with Crippen LogP contribution < -0.4 is 10.2 Å². The van der Waals surface area contributed by atoms with Crippen LogP contribution in [-0.2, 0) is 14.4 Å². The molecule has 37 heavy (non-hydrogen) atoms. The van der Waals surface area contributed by atoms with Crippen molar-refractivity contribution in [3.8, 4) is 0 Å². The molecule has 3 saturated heterocycles. The van der Waals surface area contributed by atoms with Crippen LogP contribution in [0.1, 0.15) is 76.1 Å². The maximum atomic E-state index is 13.1. The van der Waals surface area contributed by atoms with E-state index in [4.69, 9.17) is 0 Å². The van der Waals surface area contributed by atoms with E-state index in [2.05, 4.69) is 24.1 Å². The zero-order valence-electron chi connectivity index (χ0n) is 22.6. The molecule has 3 unspecified atom stereocenters. The van der Waals surface area contributed by atoms with Crippen molar-refractivity contribution in [1.82, 2.24) is 15.1 Å². The fraction of sp³-hybridized carbons (Fsp3) is 0.655. The van der Waals surface area contributed by atoms with Gasteiger partial charge in [0.05, 0.1) is 12.6 Å². The van der Waals surface area contributed by atoms with Crippen LogP contribution in [0.15, 0.2) is 24.3 Å². The van der Waals surface area contributed by atoms with E-state index in [-0.39, 0.29) is 42.0 Å². The topological polar surface area (TPSA) is 90.0 Å². The molecule has 1 N–H and O–H groups in total. The lowest BCUT2D eigenvalue weighted by molar-refractivity contribution is -0.137. The van der Waals surface area contributed by atoms with E-state index >= 15 is 0 Å². The summed E-state index contributed by atoms with van der Waals surface area (Å²) in [6.07, 6.45) is 5.37. The second kappa shape index (κ2) is 12.1. The van der Waals surface area contributed by atoms with Gasteiger partial charge in [0.15, 0.2) is 5.78 Å². The molecule has 3 atom stereocenters. The average Bonchev–Trinajstić information content (AvgIpc) is 3.61. The van der Waals surface area contributed by atoms with Gasteiger partial charge in [0.1, 0.15) is 6.04 Å². The first kappa shape index (κ1) is 27.1. The number of fused-ring (bicyclic) bond motifs is 1. The fourth-order valence-corrected chi connectivity index (χ4v) is 5.83. The van der Waals surface area contributed by atoms with Gasteiger partial charge in [-0.05, 0) is 68.2 Å². The van der Waals surface area contributed by atoms with Crippen LogP contribution >= 0.6 is 0 Å². The summed E-state index contributed by atoms with van der Waals surface area (Å²) in [6, 6.07) is 7.08. The third kappa shape index (κ3) is 6.51. The van der Waals surface area contributed by atoms with Gasteiger partial charge >= 0.3 is 0 Å². The summed E-state index contributed by atoms with van der Waals surface area (Å²) in [5.74, 6) is 0.375. The quantitative estimate of drug-likeness (QED) is 0.522. The molecule has 3 amide bonds. The Morgan fingerprint density at radius 1 is 0.946 bits per heavy atom. The van der Waals surface area contributed by atoms with Gasteiger partial charge in [0.25, 0.3) is 5.91 Å². The highest BCUT2D eigenvalue weighted by atomic mass is 16.2. The molecule has 0 saturated carbocycles. The predicted molar refractivity (Wildman–Crippen MR) is 143 cm³/mol. The predicted octanol–water partition coefficient (Wildman–Crippen LogP) is 3.25. The third-order valence-corrected chi connectivity index (χ3v) is 8.05. The number of likely N-dealkylation sites (tertiary alicyclic amines) is 2. The van der Waals surface area contributed by atoms with E-state index in [0.29, 0.717) is 50.3 Å². The van der Waals surface area contributed by atoms with Gasteiger partial charge in [0.2, 0.25) is 11.8 Å². The minimum Gasteiger partial charge on any atom is -0.372 e. The number of Topliss-reactive ketones (excluding diaryl/α,β-unsaturated/α-hetero) is 1. The largest absolute Gasteiger partial charge is 0.372 e. The lowest BCUT2D eigenvalue weighted by Crippen LogP contribution is -2.44. The Balaban J connectivity index is 1.21. The van der Waals surface area contributed by atoms with Gasteiger partial charge < -0.3 is 20.0 Å². The minimum absolute atomic E-state index is 0.0237. The van der Waals surface area contributed by atoms with Crippen molar-refractivity contribution in [2.45, 2.75) is 77.8 Å². The Hall–Kier alpha value is -2.90. The van der Waals surface area contributed by atoms with Crippen molar-refractivity contribution < 1.29 is 19.2 Å². The van der Waals surface area contributed by atoms with Crippen molar-refractivity contribution >= 4 is 29.2 Å². The number of carbonyl (C=O) groups is 4. The SMILES string of the molecule is CC(C)CCC(=O)N1CC(=O)C2C1CCN2C(=O)CC(C)CCNC(=O)c1ccc(N2CCCC2)cc1. The van der Waals surface area contributed by atoms with Gasteiger partial charge in [0, 0.05) is 50.3 Å². The van der Waals surface area contributed by atoms with Gasteiger partial charge in [-0.3, -0.25) is 19.2 Å². The van der Waals surface area contributed by atoms with Gasteiger partial charge in [-0.1, -0.05) is 20.8 Å². The van der Waals surface area contributed by atoms with Gasteiger partial charge in [-0.15, -0.1) is 0 Å². The maximum Gasteiger partial charge on any atom is 0.251 e. The minimum atomic E-state index is -0.495. The summed E-state index contributed by atoms with van der Waals surface area (Å²) in [5, 5.41) is 2.97. The molecule has 0 spiro atoms. The number of nitrogens with zero attached hydrogens (tertiary/aromatic N) is 3. The number of ketones is 1. The van der Waals surface area contributed by atoms with Crippen molar-refractivity contribution in [1.29, 1.82) is 0 Å². The Bertz CT molecular complexity index is 986. The molecule has 0 bridgehead atoms. The van der Waals surface area contributed by atoms with E-state index in [9.17, 15) is 19.2 Å². The first-order chi connectivity index (χ1) is 17.7. The molecule has 0 aliphatic carbocycles. The molecule has 3 fully saturated rings. The molecule has 3 heterocycles. The van der Waals surface area contributed by atoms with E-state index in [1.54, 1.807) is 9.80 Å². The molecule has 0 radical (unpaired) electrons. The van der Waals surface area contributed by atoms with Crippen LogP contribution in [0, 0.1) is 11.8 Å². The van der Waals surface area contributed by atoms with Crippen LogP contribution in [-0.4, -0.2) is 78.1 Å². The Morgan fingerprint density at radius 2 is 1.65 bits per heavy atom. The third-order valence-electron chi connectivity index (χ3n) is 8.05. The second-order valence-electron chi connectivity index (χ2n) is 11.4. The summed E-state index contributed by atoms with van der Waals surface area (Å²) in [4.78, 5) is 56.8. The molecule has 4 rings (SSSR count). The number of benzene rings is 1. The summed E-state index contributed by atoms with van der Waals surface area (Å²) in [5.41, 5.74) is 1.80. The van der Waals surface area contributed by atoms with E-state index in [1.807, 2.05) is 31.2 Å². The lowest BCUT2D eigenvalue weighted by Gasteiger charge is -2.25. The normalized spacial score (nSPS) is 22.1. The number of carbonyl (C=O) groups excluding carboxylic acids is 4. The van der Waals surface area contributed by atoms with E-state index in [0.717, 1.165) is 25.2 Å². The molecule has 0 aromatic heterocycles. The molecule has 1 aromatic rings. The second-order valence-corrected chi connectivity index (χ2v) is 11.4. The first-order valence-corrected chi connectivity index (χ1v) is 14.0. The lowest BCUT2D eigenvalue weighted by atomic mass is 10.0. The number of amides is 3. The molecule has 8 heteroatoms. The van der Waals surface area contributed by atoms with Gasteiger partial charge in [-0.2, -0.15) is 0 Å². The monoisotopic (exact) mass is 510 g/mol. The first-order valence-electron chi connectivity index (χ1n) is 14.0. The number of rotatable bonds is 10. The van der Waals surface area contributed by atoms with Crippen molar-refractivity contribution in [3.05, 3.63) is 29.8 Å². The fourth-order valence-electron chi connectivity index (χ4n) is 5.83. The number of nitrogens with one attached hydrogen (secondary N) is 1. The van der Waals surface area contributed by atoms with Crippen molar-refractivity contribution in [2.75, 3.05) is 37.6 Å². The van der Waals surface area contributed by atoms with Crippen LogP contribution in [0.2, 0.25) is 0 Å². The molecule has 8 nitrogen and oxygen atoms in total. The Kier molecular flexibility index (Phi) is 8.87. The summed E-state index contributed by atoms with van der Waals surface area (Å²) in [6.45, 7) is 9.44. The molecule has 3 aliphatic heterocycles. The Morgan fingerprint density at radius 3 is 2.32 bits per heavy atom. The molecule has 202 valence electrons. The van der Waals surface area contributed by atoms with Gasteiger partial charge in [-0.25, -0.2) is 0 Å². The standard InChI is InChI=1S/C29H42N4O4/c1-20(2)6-11-26(35)33-19-25(34)28-24(33)13-17-32(28)27(36)18-21(3)12-14-30-29(37)22-7-9-23(10-8-22)31-15-4-5-16-31/h7-10,20-21,24,28H,4-6,11-19H2,1-3H3,(H,30,37). The smallest absolute Gasteiger partial charge is 0.251 e. The molecular formula is C29H42N4O4. The van der Waals surface area contributed by atoms with E-state index in [1.165, 1.54) is 12.8 Å². The van der Waals surface area contributed by atoms with Crippen LogP contribution in [0.25, 0.3) is 0 Å².